The summed E-state index contributed by atoms with van der Waals surface area (Å²) in [7, 11) is 0. The first-order valence-corrected chi connectivity index (χ1v) is 5.19. The lowest BCUT2D eigenvalue weighted by atomic mass is 9.98. The van der Waals surface area contributed by atoms with Crippen molar-refractivity contribution in [1.82, 2.24) is 0 Å². The number of nitro groups is 2. The number of hydrogen-bond acceptors (Lipinski definition) is 5. The van der Waals surface area contributed by atoms with Gasteiger partial charge in [-0.1, -0.05) is 12.2 Å². The Morgan fingerprint density at radius 1 is 1.53 bits per heavy atom. The van der Waals surface area contributed by atoms with E-state index in [0.29, 0.717) is 6.42 Å². The predicted octanol–water partition coefficient (Wildman–Crippen LogP) is 1.59. The molecular formula is C8H8N2O4S. The molecule has 0 spiro atoms. The van der Waals surface area contributed by atoms with Gasteiger partial charge < -0.3 is 0 Å². The number of rotatable bonds is 2. The van der Waals surface area contributed by atoms with Crippen LogP contribution in [0, 0.1) is 20.2 Å². The van der Waals surface area contributed by atoms with Crippen molar-refractivity contribution in [1.29, 1.82) is 0 Å². The van der Waals surface area contributed by atoms with Gasteiger partial charge in [-0.25, -0.2) is 0 Å². The molecule has 0 amide bonds. The molecule has 2 rings (SSSR count). The summed E-state index contributed by atoms with van der Waals surface area (Å²) < 4.78 is 0. The maximum absolute atomic E-state index is 11.0. The highest BCUT2D eigenvalue weighted by atomic mass is 32.2. The van der Waals surface area contributed by atoms with E-state index >= 15 is 0 Å². The standard InChI is InChI=1S/C8H8N2O4S/c1-5-2-6-8(3-5,10(13)14)4-7(15-6)9(11)12/h4,6H,1-3H2. The molecule has 15 heavy (non-hydrogen) atoms. The van der Waals surface area contributed by atoms with Crippen LogP contribution >= 0.6 is 11.8 Å². The molecule has 0 N–H and O–H groups in total. The third kappa shape index (κ3) is 1.34. The Labute approximate surface area is 89.3 Å². The highest BCUT2D eigenvalue weighted by Crippen LogP contribution is 2.51. The van der Waals surface area contributed by atoms with E-state index in [4.69, 9.17) is 0 Å². The van der Waals surface area contributed by atoms with E-state index in [1.165, 1.54) is 6.08 Å². The Balaban J connectivity index is 2.41. The van der Waals surface area contributed by atoms with Gasteiger partial charge in [0.15, 0.2) is 0 Å². The van der Waals surface area contributed by atoms with E-state index in [1.54, 1.807) is 0 Å². The zero-order valence-corrected chi connectivity index (χ0v) is 8.53. The number of nitrogens with zero attached hydrogens (tertiary/aromatic N) is 2. The largest absolute Gasteiger partial charge is 0.306 e. The molecule has 0 bridgehead atoms. The molecule has 1 aliphatic carbocycles. The summed E-state index contributed by atoms with van der Waals surface area (Å²) in [6, 6.07) is 0. The maximum Gasteiger partial charge on any atom is 0.306 e. The van der Waals surface area contributed by atoms with Gasteiger partial charge in [0.2, 0.25) is 0 Å². The van der Waals surface area contributed by atoms with E-state index in [9.17, 15) is 20.2 Å². The summed E-state index contributed by atoms with van der Waals surface area (Å²) in [5, 5.41) is 21.1. The lowest BCUT2D eigenvalue weighted by Crippen LogP contribution is -2.39. The molecule has 1 aliphatic heterocycles. The van der Waals surface area contributed by atoms with Gasteiger partial charge in [-0.2, -0.15) is 0 Å². The SMILES string of the molecule is C=C1CC2SC([N+](=O)[O-])=CC2([N+](=O)[O-])C1. The molecule has 1 fully saturated rings. The number of hydrogen-bond donors (Lipinski definition) is 0. The fourth-order valence-corrected chi connectivity index (χ4v) is 3.45. The highest BCUT2D eigenvalue weighted by molar-refractivity contribution is 8.03. The van der Waals surface area contributed by atoms with E-state index in [0.717, 1.165) is 17.3 Å². The topological polar surface area (TPSA) is 86.3 Å². The molecule has 2 aliphatic rings. The van der Waals surface area contributed by atoms with Crippen molar-refractivity contribution in [3.8, 4) is 0 Å². The van der Waals surface area contributed by atoms with Gasteiger partial charge in [0.25, 0.3) is 5.54 Å². The van der Waals surface area contributed by atoms with Crippen molar-refractivity contribution in [2.45, 2.75) is 23.6 Å². The lowest BCUT2D eigenvalue weighted by Gasteiger charge is -2.15. The molecule has 6 nitrogen and oxygen atoms in total. The van der Waals surface area contributed by atoms with Gasteiger partial charge in [0.05, 0.1) is 16.2 Å². The van der Waals surface area contributed by atoms with Gasteiger partial charge >= 0.3 is 5.03 Å². The summed E-state index contributed by atoms with van der Waals surface area (Å²) in [6.07, 6.45) is 1.88. The Morgan fingerprint density at radius 3 is 2.67 bits per heavy atom. The second-order valence-corrected chi connectivity index (χ2v) is 4.95. The number of thioether (sulfide) groups is 1. The molecule has 1 saturated carbocycles. The molecule has 2 unspecified atom stereocenters. The van der Waals surface area contributed by atoms with Crippen LogP contribution in [0.2, 0.25) is 0 Å². The first-order valence-electron chi connectivity index (χ1n) is 4.31. The molecule has 0 radical (unpaired) electrons. The summed E-state index contributed by atoms with van der Waals surface area (Å²) >= 11 is 0.980. The smallest absolute Gasteiger partial charge is 0.264 e. The average molecular weight is 228 g/mol. The number of fused-ring (bicyclic) bond motifs is 1. The van der Waals surface area contributed by atoms with Crippen LogP contribution in [0.1, 0.15) is 12.8 Å². The summed E-state index contributed by atoms with van der Waals surface area (Å²) in [5.41, 5.74) is -0.493. The molecule has 0 aromatic heterocycles. The van der Waals surface area contributed by atoms with Gasteiger partial charge in [-0.3, -0.25) is 20.2 Å². The average Bonchev–Trinajstić information content (AvgIpc) is 2.57. The zero-order chi connectivity index (χ0) is 11.2. The molecular weight excluding hydrogens is 220 g/mol. The molecule has 0 aromatic carbocycles. The van der Waals surface area contributed by atoms with Crippen molar-refractivity contribution in [3.05, 3.63) is 43.5 Å². The summed E-state index contributed by atoms with van der Waals surface area (Å²) in [5.74, 6) is 0. The van der Waals surface area contributed by atoms with Crippen LogP contribution in [-0.4, -0.2) is 20.6 Å². The molecule has 7 heteroatoms. The van der Waals surface area contributed by atoms with Crippen molar-refractivity contribution in [2.24, 2.45) is 0 Å². The Morgan fingerprint density at radius 2 is 2.20 bits per heavy atom. The van der Waals surface area contributed by atoms with Gasteiger partial charge in [-0.05, 0) is 18.2 Å². The minimum Gasteiger partial charge on any atom is -0.264 e. The molecule has 1 heterocycles. The Hall–Kier alpha value is -1.37. The monoisotopic (exact) mass is 228 g/mol. The molecule has 0 saturated heterocycles. The quantitative estimate of drug-likeness (QED) is 0.407. The molecule has 0 aromatic rings. The van der Waals surface area contributed by atoms with E-state index < -0.39 is 15.4 Å². The minimum atomic E-state index is -1.29. The van der Waals surface area contributed by atoms with Crippen LogP contribution in [0.4, 0.5) is 0 Å². The van der Waals surface area contributed by atoms with E-state index in [1.807, 2.05) is 0 Å². The van der Waals surface area contributed by atoms with Crippen LogP contribution in [0.5, 0.6) is 0 Å². The Bertz CT molecular complexity index is 405. The zero-order valence-electron chi connectivity index (χ0n) is 7.71. The van der Waals surface area contributed by atoms with Crippen molar-refractivity contribution < 1.29 is 9.85 Å². The van der Waals surface area contributed by atoms with Crippen molar-refractivity contribution in [2.75, 3.05) is 0 Å². The third-order valence-corrected chi connectivity index (χ3v) is 4.09. The highest BCUT2D eigenvalue weighted by Gasteiger charge is 2.60. The molecule has 2 atom stereocenters. The van der Waals surface area contributed by atoms with E-state index in [-0.39, 0.29) is 16.7 Å². The second kappa shape index (κ2) is 3.06. The van der Waals surface area contributed by atoms with Crippen molar-refractivity contribution in [3.63, 3.8) is 0 Å². The van der Waals surface area contributed by atoms with Crippen LogP contribution in [0.25, 0.3) is 0 Å². The van der Waals surface area contributed by atoms with Gasteiger partial charge in [0.1, 0.15) is 0 Å². The lowest BCUT2D eigenvalue weighted by molar-refractivity contribution is -0.551. The van der Waals surface area contributed by atoms with Crippen LogP contribution < -0.4 is 0 Å². The first-order chi connectivity index (χ1) is 6.95. The maximum atomic E-state index is 11.0. The van der Waals surface area contributed by atoms with Gasteiger partial charge in [0, 0.05) is 11.3 Å². The summed E-state index contributed by atoms with van der Waals surface area (Å²) in [6.45, 7) is 3.72. The second-order valence-electron chi connectivity index (χ2n) is 3.73. The Kier molecular flexibility index (Phi) is 2.07. The minimum absolute atomic E-state index is 0.107. The van der Waals surface area contributed by atoms with Crippen LogP contribution in [-0.2, 0) is 0 Å². The van der Waals surface area contributed by atoms with Gasteiger partial charge in [-0.15, -0.1) is 0 Å². The van der Waals surface area contributed by atoms with Crippen LogP contribution in [0.3, 0.4) is 0 Å². The first kappa shape index (κ1) is 10.2. The van der Waals surface area contributed by atoms with Crippen molar-refractivity contribution >= 4 is 11.8 Å². The van der Waals surface area contributed by atoms with E-state index in [2.05, 4.69) is 6.58 Å². The fourth-order valence-electron chi connectivity index (χ4n) is 2.04. The normalized spacial score (nSPS) is 33.7. The fraction of sp³-hybridized carbons (Fsp3) is 0.500. The molecule has 80 valence electrons. The van der Waals surface area contributed by atoms with Crippen LogP contribution in [0.15, 0.2) is 23.3 Å². The third-order valence-electron chi connectivity index (χ3n) is 2.72. The summed E-state index contributed by atoms with van der Waals surface area (Å²) in [4.78, 5) is 20.6. The predicted molar refractivity (Wildman–Crippen MR) is 54.6 cm³/mol.